The highest BCUT2D eigenvalue weighted by Crippen LogP contribution is 2.33. The van der Waals surface area contributed by atoms with Gasteiger partial charge in [-0.1, -0.05) is 12.8 Å². The Bertz CT molecular complexity index is 594. The van der Waals surface area contributed by atoms with Crippen molar-refractivity contribution in [3.63, 3.8) is 0 Å². The zero-order valence-corrected chi connectivity index (χ0v) is 16.4. The molecule has 1 saturated carbocycles. The summed E-state index contributed by atoms with van der Waals surface area (Å²) in [6, 6.07) is -0.828. The molecule has 0 spiro atoms. The predicted molar refractivity (Wildman–Crippen MR) is 95.2 cm³/mol. The molecule has 2 heterocycles. The van der Waals surface area contributed by atoms with E-state index >= 15 is 0 Å². The molecule has 2 saturated heterocycles. The van der Waals surface area contributed by atoms with Crippen LogP contribution in [0.25, 0.3) is 0 Å². The van der Waals surface area contributed by atoms with Crippen LogP contribution in [0.4, 0.5) is 13.2 Å². The molecule has 7 nitrogen and oxygen atoms in total. The third-order valence-electron chi connectivity index (χ3n) is 5.91. The van der Waals surface area contributed by atoms with Crippen molar-refractivity contribution in [2.75, 3.05) is 26.2 Å². The van der Waals surface area contributed by atoms with Crippen LogP contribution in [-0.4, -0.2) is 77.7 Å². The Balaban J connectivity index is 1.62. The molecule has 2 amide bonds. The molecule has 2 N–H and O–H groups in total. The molecule has 0 aromatic carbocycles. The van der Waals surface area contributed by atoms with Crippen LogP contribution in [0.1, 0.15) is 32.6 Å². The van der Waals surface area contributed by atoms with Crippen LogP contribution in [0.15, 0.2) is 0 Å². The van der Waals surface area contributed by atoms with Crippen LogP contribution >= 0.6 is 11.6 Å². The van der Waals surface area contributed by atoms with Gasteiger partial charge in [0.2, 0.25) is 5.91 Å². The molecule has 160 valence electrons. The van der Waals surface area contributed by atoms with Crippen molar-refractivity contribution in [1.29, 1.82) is 0 Å². The van der Waals surface area contributed by atoms with Gasteiger partial charge < -0.3 is 4.90 Å². The van der Waals surface area contributed by atoms with Gasteiger partial charge in [-0.2, -0.15) is 0 Å². The molecule has 3 fully saturated rings. The fourth-order valence-corrected chi connectivity index (χ4v) is 4.74. The quantitative estimate of drug-likeness (QED) is 0.661. The number of ether oxygens (including phenoxy) is 1. The number of carbonyl (C=O) groups excluding carboxylic acids is 2. The number of hydrazine groups is 1. The first-order valence-corrected chi connectivity index (χ1v) is 10.1. The number of amides is 2. The maximum Gasteiger partial charge on any atom is 0.522 e. The molecule has 3 aliphatic rings. The van der Waals surface area contributed by atoms with Crippen LogP contribution in [-0.2, 0) is 14.3 Å². The highest BCUT2D eigenvalue weighted by atomic mass is 35.5. The first kappa shape index (κ1) is 21.6. The van der Waals surface area contributed by atoms with E-state index in [0.29, 0.717) is 38.9 Å². The normalized spacial score (nSPS) is 35.8. The summed E-state index contributed by atoms with van der Waals surface area (Å²) in [4.78, 5) is 28.2. The lowest BCUT2D eigenvalue weighted by molar-refractivity contribution is -0.351. The third kappa shape index (κ3) is 4.90. The standard InChI is InChI=1S/C17H26ClF3N4O3/c1-10-16(27)24(6-7-25(10)12-8-22-23-15(26)14(12)18)9-11-4-2-3-5-13(11)28-17(19,20)21/h10-14,22H,2-9H2,1H3,(H,23,26)/t10-,11?,12?,13?,14?/m1/s1. The minimum absolute atomic E-state index is 0.155. The largest absolute Gasteiger partial charge is 0.522 e. The first-order chi connectivity index (χ1) is 13.2. The Morgan fingerprint density at radius 3 is 2.64 bits per heavy atom. The molecular formula is C17H26ClF3N4O3. The van der Waals surface area contributed by atoms with Gasteiger partial charge in [-0.25, -0.2) is 5.43 Å². The second-order valence-electron chi connectivity index (χ2n) is 7.68. The van der Waals surface area contributed by atoms with E-state index in [4.69, 9.17) is 11.6 Å². The van der Waals surface area contributed by atoms with Crippen LogP contribution < -0.4 is 10.9 Å². The molecule has 11 heteroatoms. The number of hydrogen-bond donors (Lipinski definition) is 2. The summed E-state index contributed by atoms with van der Waals surface area (Å²) in [6.07, 6.45) is -3.08. The maximum atomic E-state index is 12.9. The lowest BCUT2D eigenvalue weighted by atomic mass is 9.85. The van der Waals surface area contributed by atoms with Gasteiger partial charge in [0.05, 0.1) is 18.2 Å². The Kier molecular flexibility index (Phi) is 6.73. The molecule has 4 unspecified atom stereocenters. The number of nitrogens with zero attached hydrogens (tertiary/aromatic N) is 2. The smallest absolute Gasteiger partial charge is 0.340 e. The van der Waals surface area contributed by atoms with Crippen molar-refractivity contribution in [2.45, 2.75) is 62.5 Å². The van der Waals surface area contributed by atoms with Gasteiger partial charge in [0.1, 0.15) is 5.38 Å². The molecule has 3 rings (SSSR count). The van der Waals surface area contributed by atoms with E-state index < -0.39 is 23.9 Å². The molecule has 0 radical (unpaired) electrons. The number of hydrogen-bond acceptors (Lipinski definition) is 5. The molecule has 0 aromatic heterocycles. The lowest BCUT2D eigenvalue weighted by Crippen LogP contribution is -2.68. The Hall–Kier alpha value is -1.10. The van der Waals surface area contributed by atoms with E-state index in [1.54, 1.807) is 11.8 Å². The minimum atomic E-state index is -4.67. The van der Waals surface area contributed by atoms with Crippen LogP contribution in [0.3, 0.4) is 0 Å². The van der Waals surface area contributed by atoms with Crippen molar-refractivity contribution >= 4 is 23.4 Å². The molecule has 28 heavy (non-hydrogen) atoms. The number of carbonyl (C=O) groups is 2. The summed E-state index contributed by atoms with van der Waals surface area (Å²) in [6.45, 7) is 3.32. The number of rotatable bonds is 4. The zero-order valence-electron chi connectivity index (χ0n) is 15.7. The maximum absolute atomic E-state index is 12.9. The number of halogens is 4. The molecule has 0 aromatic rings. The van der Waals surface area contributed by atoms with E-state index in [1.165, 1.54) is 0 Å². The SMILES string of the molecule is C[C@@H]1C(=O)N(CC2CCCCC2OC(F)(F)F)CCN1C1CNNC(=O)C1Cl. The number of nitrogens with one attached hydrogen (secondary N) is 2. The third-order valence-corrected chi connectivity index (χ3v) is 6.40. The Morgan fingerprint density at radius 1 is 1.21 bits per heavy atom. The number of piperazine rings is 1. The minimum Gasteiger partial charge on any atom is -0.340 e. The summed E-state index contributed by atoms with van der Waals surface area (Å²) >= 11 is 6.21. The van der Waals surface area contributed by atoms with E-state index in [2.05, 4.69) is 15.6 Å². The number of alkyl halides is 4. The highest BCUT2D eigenvalue weighted by molar-refractivity contribution is 6.31. The summed E-state index contributed by atoms with van der Waals surface area (Å²) in [5.41, 5.74) is 5.24. The zero-order chi connectivity index (χ0) is 20.5. The van der Waals surface area contributed by atoms with Crippen LogP contribution in [0, 0.1) is 5.92 Å². The molecule has 5 atom stereocenters. The summed E-state index contributed by atoms with van der Waals surface area (Å²) in [5.74, 6) is -0.826. The van der Waals surface area contributed by atoms with Gasteiger partial charge in [-0.05, 0) is 19.8 Å². The fourth-order valence-electron chi connectivity index (χ4n) is 4.45. The fraction of sp³-hybridized carbons (Fsp3) is 0.882. The van der Waals surface area contributed by atoms with Crippen molar-refractivity contribution in [1.82, 2.24) is 20.7 Å². The summed E-state index contributed by atoms with van der Waals surface area (Å²) < 4.78 is 42.4. The van der Waals surface area contributed by atoms with Crippen molar-refractivity contribution in [2.24, 2.45) is 5.92 Å². The topological polar surface area (TPSA) is 73.9 Å². The van der Waals surface area contributed by atoms with Gasteiger partial charge in [0, 0.05) is 32.1 Å². The van der Waals surface area contributed by atoms with Crippen molar-refractivity contribution < 1.29 is 27.5 Å². The average Bonchev–Trinajstić information content (AvgIpc) is 2.62. The van der Waals surface area contributed by atoms with Gasteiger partial charge in [-0.15, -0.1) is 24.8 Å². The predicted octanol–water partition coefficient (Wildman–Crippen LogP) is 1.22. The summed E-state index contributed by atoms with van der Waals surface area (Å²) in [7, 11) is 0. The highest BCUT2D eigenvalue weighted by Gasteiger charge is 2.43. The summed E-state index contributed by atoms with van der Waals surface area (Å²) in [5, 5.41) is -0.772. The van der Waals surface area contributed by atoms with Crippen LogP contribution in [0.5, 0.6) is 0 Å². The lowest BCUT2D eigenvalue weighted by Gasteiger charge is -2.46. The van der Waals surface area contributed by atoms with Crippen molar-refractivity contribution in [3.8, 4) is 0 Å². The van der Waals surface area contributed by atoms with Crippen LogP contribution in [0.2, 0.25) is 0 Å². The molecular weight excluding hydrogens is 401 g/mol. The molecule has 1 aliphatic carbocycles. The average molecular weight is 427 g/mol. The van der Waals surface area contributed by atoms with E-state index in [1.807, 2.05) is 4.90 Å². The second kappa shape index (κ2) is 8.73. The molecule has 0 bridgehead atoms. The van der Waals surface area contributed by atoms with Gasteiger partial charge in [-0.3, -0.25) is 24.7 Å². The van der Waals surface area contributed by atoms with Gasteiger partial charge in [0.25, 0.3) is 5.91 Å². The van der Waals surface area contributed by atoms with E-state index in [0.717, 1.165) is 6.42 Å². The van der Waals surface area contributed by atoms with E-state index in [-0.39, 0.29) is 30.3 Å². The van der Waals surface area contributed by atoms with Gasteiger partial charge >= 0.3 is 6.36 Å². The first-order valence-electron chi connectivity index (χ1n) is 9.63. The van der Waals surface area contributed by atoms with Crippen molar-refractivity contribution in [3.05, 3.63) is 0 Å². The van der Waals surface area contributed by atoms with Gasteiger partial charge in [0.15, 0.2) is 0 Å². The van der Waals surface area contributed by atoms with E-state index in [9.17, 15) is 22.8 Å². The second-order valence-corrected chi connectivity index (χ2v) is 8.15. The molecule has 2 aliphatic heterocycles. The Labute approximate surface area is 166 Å². The Morgan fingerprint density at radius 2 is 1.93 bits per heavy atom. The monoisotopic (exact) mass is 426 g/mol.